The summed E-state index contributed by atoms with van der Waals surface area (Å²) < 4.78 is 74.0. The van der Waals surface area contributed by atoms with Gasteiger partial charge in [-0.1, -0.05) is 22.5 Å². The molecule has 2 aromatic heterocycles. The minimum Gasteiger partial charge on any atom is -0.487 e. The highest BCUT2D eigenvalue weighted by Gasteiger charge is 2.26. The molecular weight excluding hydrogens is 489 g/mol. The van der Waals surface area contributed by atoms with Gasteiger partial charge in [0.25, 0.3) is 0 Å². The van der Waals surface area contributed by atoms with Crippen molar-refractivity contribution in [2.24, 2.45) is 10.2 Å². The van der Waals surface area contributed by atoms with Gasteiger partial charge in [-0.3, -0.25) is 4.98 Å². The fourth-order valence-corrected chi connectivity index (χ4v) is 2.89. The fourth-order valence-electron chi connectivity index (χ4n) is 2.89. The number of rotatable bonds is 7. The molecule has 0 saturated carbocycles. The molecule has 4 rings (SSSR count). The zero-order valence-electron chi connectivity index (χ0n) is 18.0. The number of amides is 2. The normalized spacial score (nSPS) is 11.1. The number of anilines is 1. The van der Waals surface area contributed by atoms with Gasteiger partial charge in [-0.25, -0.2) is 31.4 Å². The van der Waals surface area contributed by atoms with E-state index in [1.807, 2.05) is 12.1 Å². The van der Waals surface area contributed by atoms with E-state index in [9.17, 15) is 26.7 Å². The second-order valence-electron chi connectivity index (χ2n) is 7.09. The Kier molecular flexibility index (Phi) is 7.23. The lowest BCUT2D eigenvalue weighted by molar-refractivity contribution is 0.258. The van der Waals surface area contributed by atoms with Gasteiger partial charge >= 0.3 is 6.03 Å². The first-order valence-electron chi connectivity index (χ1n) is 10.1. The number of halogens is 5. The molecule has 9 nitrogen and oxygen atoms in total. The number of azo groups is 1. The van der Waals surface area contributed by atoms with Crippen LogP contribution in [0.2, 0.25) is 0 Å². The van der Waals surface area contributed by atoms with E-state index in [1.54, 1.807) is 29.2 Å². The van der Waals surface area contributed by atoms with Crippen LogP contribution in [0.4, 0.5) is 38.1 Å². The molecule has 0 bridgehead atoms. The zero-order valence-corrected chi connectivity index (χ0v) is 18.0. The van der Waals surface area contributed by atoms with Gasteiger partial charge in [0.05, 0.1) is 18.4 Å². The lowest BCUT2D eigenvalue weighted by atomic mass is 10.2. The number of benzene rings is 2. The van der Waals surface area contributed by atoms with Gasteiger partial charge < -0.3 is 10.1 Å². The van der Waals surface area contributed by atoms with Crippen molar-refractivity contribution in [2.45, 2.75) is 13.2 Å². The van der Waals surface area contributed by atoms with Gasteiger partial charge in [0.15, 0.2) is 29.0 Å². The lowest BCUT2D eigenvalue weighted by Crippen LogP contribution is -2.06. The van der Waals surface area contributed by atoms with Crippen molar-refractivity contribution >= 4 is 17.4 Å². The third-order valence-electron chi connectivity index (χ3n) is 4.54. The molecule has 0 atom stereocenters. The Bertz CT molecular complexity index is 1400. The molecule has 2 amide bonds. The van der Waals surface area contributed by atoms with E-state index in [0.29, 0.717) is 18.0 Å². The zero-order chi connectivity index (χ0) is 25.7. The molecule has 0 spiro atoms. The highest BCUT2D eigenvalue weighted by Crippen LogP contribution is 2.29. The van der Waals surface area contributed by atoms with Crippen LogP contribution in [0.5, 0.6) is 5.75 Å². The molecule has 4 aromatic rings. The molecule has 1 N–H and O–H groups in total. The number of nitrogens with zero attached hydrogens (tertiary/aromatic N) is 6. The molecule has 36 heavy (non-hydrogen) atoms. The second kappa shape index (κ2) is 10.7. The van der Waals surface area contributed by atoms with E-state index in [2.05, 4.69) is 30.8 Å². The first-order valence-corrected chi connectivity index (χ1v) is 10.1. The van der Waals surface area contributed by atoms with Crippen LogP contribution in [0, 0.1) is 29.1 Å². The molecule has 2 aromatic carbocycles. The number of pyridine rings is 1. The maximum absolute atomic E-state index is 13.6. The average molecular weight is 503 g/mol. The lowest BCUT2D eigenvalue weighted by Gasteiger charge is -2.07. The summed E-state index contributed by atoms with van der Waals surface area (Å²) in [7, 11) is 0. The van der Waals surface area contributed by atoms with E-state index in [1.165, 1.54) is 18.2 Å². The van der Waals surface area contributed by atoms with Crippen molar-refractivity contribution in [1.82, 2.24) is 20.0 Å². The summed E-state index contributed by atoms with van der Waals surface area (Å²) in [6.07, 6.45) is 3.35. The SMILES string of the molecule is O=C(N=Nc1c(F)c(F)c(F)c(F)c1F)Nc1cccc(OCc2cn(Cc3ccccn3)nn2)c1. The van der Waals surface area contributed by atoms with Gasteiger partial charge in [0, 0.05) is 18.0 Å². The Balaban J connectivity index is 1.36. The predicted octanol–water partition coefficient (Wildman–Crippen LogP) is 5.31. The summed E-state index contributed by atoms with van der Waals surface area (Å²) in [6.45, 7) is 0.481. The number of hydrogen-bond acceptors (Lipinski definition) is 6. The van der Waals surface area contributed by atoms with Crippen LogP contribution in [-0.4, -0.2) is 26.0 Å². The van der Waals surface area contributed by atoms with Crippen LogP contribution in [0.15, 0.2) is 65.1 Å². The van der Waals surface area contributed by atoms with Crippen LogP contribution in [0.3, 0.4) is 0 Å². The van der Waals surface area contributed by atoms with Crippen molar-refractivity contribution in [2.75, 3.05) is 5.32 Å². The standard InChI is InChI=1S/C22H14F5N7O2/c23-16-17(24)19(26)21(20(27)18(16)25)31-32-22(35)29-12-5-3-6-15(8-12)36-11-14-10-34(33-30-14)9-13-4-1-2-7-28-13/h1-8,10H,9,11H2,(H,29,35). The first-order chi connectivity index (χ1) is 17.3. The van der Waals surface area contributed by atoms with Crippen LogP contribution in [-0.2, 0) is 13.2 Å². The quantitative estimate of drug-likeness (QED) is 0.159. The van der Waals surface area contributed by atoms with Crippen molar-refractivity contribution in [3.8, 4) is 5.75 Å². The summed E-state index contributed by atoms with van der Waals surface area (Å²) in [5.41, 5.74) is -0.102. The molecule has 0 unspecified atom stereocenters. The summed E-state index contributed by atoms with van der Waals surface area (Å²) >= 11 is 0. The predicted molar refractivity (Wildman–Crippen MR) is 114 cm³/mol. The Labute approximate surface area is 199 Å². The van der Waals surface area contributed by atoms with E-state index >= 15 is 0 Å². The molecule has 14 heteroatoms. The summed E-state index contributed by atoms with van der Waals surface area (Å²) in [5.74, 6) is -10.9. The molecule has 0 fully saturated rings. The van der Waals surface area contributed by atoms with Gasteiger partial charge in [-0.15, -0.1) is 10.2 Å². The number of aromatic nitrogens is 4. The summed E-state index contributed by atoms with van der Waals surface area (Å²) in [5, 5.41) is 16.1. The third kappa shape index (κ3) is 5.65. The summed E-state index contributed by atoms with van der Waals surface area (Å²) in [6, 6.07) is 10.3. The number of carbonyl (C=O) groups excluding carboxylic acids is 1. The Hall–Kier alpha value is -4.75. The Morgan fingerprint density at radius 2 is 1.69 bits per heavy atom. The number of nitrogens with one attached hydrogen (secondary N) is 1. The van der Waals surface area contributed by atoms with Crippen molar-refractivity contribution in [1.29, 1.82) is 0 Å². The Morgan fingerprint density at radius 1 is 0.944 bits per heavy atom. The first kappa shape index (κ1) is 24.4. The third-order valence-corrected chi connectivity index (χ3v) is 4.54. The molecule has 0 saturated heterocycles. The van der Waals surface area contributed by atoms with Crippen LogP contribution >= 0.6 is 0 Å². The molecule has 0 aliphatic rings. The average Bonchev–Trinajstić information content (AvgIpc) is 3.33. The molecule has 0 radical (unpaired) electrons. The number of hydrogen-bond donors (Lipinski definition) is 1. The minimum atomic E-state index is -2.35. The maximum Gasteiger partial charge on any atom is 0.364 e. The van der Waals surface area contributed by atoms with Crippen LogP contribution in [0.1, 0.15) is 11.4 Å². The van der Waals surface area contributed by atoms with E-state index in [0.717, 1.165) is 5.69 Å². The van der Waals surface area contributed by atoms with E-state index < -0.39 is 40.8 Å². The number of ether oxygens (including phenoxy) is 1. The molecule has 0 aliphatic carbocycles. The second-order valence-corrected chi connectivity index (χ2v) is 7.09. The highest BCUT2D eigenvalue weighted by molar-refractivity contribution is 5.89. The largest absolute Gasteiger partial charge is 0.487 e. The van der Waals surface area contributed by atoms with Crippen molar-refractivity contribution in [3.05, 3.63) is 95.3 Å². The maximum atomic E-state index is 13.6. The minimum absolute atomic E-state index is 0.0551. The number of carbonyl (C=O) groups is 1. The number of urea groups is 1. The molecule has 2 heterocycles. The Morgan fingerprint density at radius 3 is 2.42 bits per heavy atom. The van der Waals surface area contributed by atoms with Crippen molar-refractivity contribution in [3.63, 3.8) is 0 Å². The van der Waals surface area contributed by atoms with Crippen molar-refractivity contribution < 1.29 is 31.5 Å². The van der Waals surface area contributed by atoms with Gasteiger partial charge in [-0.05, 0) is 24.3 Å². The van der Waals surface area contributed by atoms with E-state index in [4.69, 9.17) is 4.74 Å². The van der Waals surface area contributed by atoms with Crippen LogP contribution < -0.4 is 10.1 Å². The summed E-state index contributed by atoms with van der Waals surface area (Å²) in [4.78, 5) is 16.1. The molecule has 184 valence electrons. The highest BCUT2D eigenvalue weighted by atomic mass is 19.2. The van der Waals surface area contributed by atoms with Gasteiger partial charge in [0.2, 0.25) is 5.82 Å². The van der Waals surface area contributed by atoms with E-state index in [-0.39, 0.29) is 12.3 Å². The van der Waals surface area contributed by atoms with Gasteiger partial charge in [-0.2, -0.15) is 0 Å². The molecule has 0 aliphatic heterocycles. The monoisotopic (exact) mass is 503 g/mol. The molecular formula is C22H14F5N7O2. The fraction of sp³-hybridized carbons (Fsp3) is 0.0909. The van der Waals surface area contributed by atoms with Crippen LogP contribution in [0.25, 0.3) is 0 Å². The van der Waals surface area contributed by atoms with Gasteiger partial charge in [0.1, 0.15) is 18.1 Å². The smallest absolute Gasteiger partial charge is 0.364 e. The topological polar surface area (TPSA) is 107 Å².